The standard InChI is InChI=1S/C13H21N3OS/c1-10(9-18-2)7-15-8-11-3-5-12(6-4-11)13(14)16-17/h3-6,10,15,17H,7-9H2,1-2H3,(H2,14,16). The molecule has 0 heterocycles. The molecule has 0 fully saturated rings. The molecule has 0 amide bonds. The van der Waals surface area contributed by atoms with Gasteiger partial charge in [-0.15, -0.1) is 0 Å². The maximum Gasteiger partial charge on any atom is 0.170 e. The third-order valence-electron chi connectivity index (χ3n) is 2.63. The van der Waals surface area contributed by atoms with Gasteiger partial charge in [-0.25, -0.2) is 0 Å². The first-order chi connectivity index (χ1) is 8.67. The first-order valence-corrected chi connectivity index (χ1v) is 7.33. The lowest BCUT2D eigenvalue weighted by Crippen LogP contribution is -2.22. The van der Waals surface area contributed by atoms with Crippen LogP contribution in [0.1, 0.15) is 18.1 Å². The number of hydrogen-bond donors (Lipinski definition) is 3. The molecule has 4 nitrogen and oxygen atoms in total. The van der Waals surface area contributed by atoms with Crippen LogP contribution in [0.2, 0.25) is 0 Å². The number of oxime groups is 1. The molecule has 1 rings (SSSR count). The molecule has 0 bridgehead atoms. The number of nitrogens with zero attached hydrogens (tertiary/aromatic N) is 1. The van der Waals surface area contributed by atoms with E-state index in [1.807, 2.05) is 36.0 Å². The molecular formula is C13H21N3OS. The third-order valence-corrected chi connectivity index (χ3v) is 3.53. The van der Waals surface area contributed by atoms with E-state index in [-0.39, 0.29) is 5.84 Å². The summed E-state index contributed by atoms with van der Waals surface area (Å²) in [7, 11) is 0. The summed E-state index contributed by atoms with van der Waals surface area (Å²) in [6.45, 7) is 4.10. The van der Waals surface area contributed by atoms with Crippen LogP contribution in [-0.4, -0.2) is 29.6 Å². The van der Waals surface area contributed by atoms with Gasteiger partial charge in [-0.1, -0.05) is 36.3 Å². The molecule has 0 aliphatic rings. The van der Waals surface area contributed by atoms with Crippen molar-refractivity contribution in [1.29, 1.82) is 0 Å². The van der Waals surface area contributed by atoms with Crippen LogP contribution in [0.3, 0.4) is 0 Å². The Morgan fingerprint density at radius 2 is 2.11 bits per heavy atom. The topological polar surface area (TPSA) is 70.6 Å². The van der Waals surface area contributed by atoms with Crippen LogP contribution in [0.4, 0.5) is 0 Å². The van der Waals surface area contributed by atoms with Gasteiger partial charge in [0.15, 0.2) is 5.84 Å². The van der Waals surface area contributed by atoms with Gasteiger partial charge < -0.3 is 16.3 Å². The van der Waals surface area contributed by atoms with E-state index in [9.17, 15) is 0 Å². The lowest BCUT2D eigenvalue weighted by molar-refractivity contribution is 0.318. The fourth-order valence-electron chi connectivity index (χ4n) is 1.66. The van der Waals surface area contributed by atoms with Crippen molar-refractivity contribution in [2.45, 2.75) is 13.5 Å². The summed E-state index contributed by atoms with van der Waals surface area (Å²) in [5.74, 6) is 2.00. The van der Waals surface area contributed by atoms with E-state index in [0.29, 0.717) is 5.92 Å². The molecule has 0 saturated carbocycles. The first-order valence-electron chi connectivity index (χ1n) is 5.94. The van der Waals surface area contributed by atoms with Gasteiger partial charge in [0, 0.05) is 12.1 Å². The number of benzene rings is 1. The van der Waals surface area contributed by atoms with Gasteiger partial charge in [0.1, 0.15) is 0 Å². The van der Waals surface area contributed by atoms with Crippen LogP contribution in [0.15, 0.2) is 29.4 Å². The predicted molar refractivity (Wildman–Crippen MR) is 78.2 cm³/mol. The smallest absolute Gasteiger partial charge is 0.170 e. The van der Waals surface area contributed by atoms with Crippen LogP contribution in [0.25, 0.3) is 0 Å². The zero-order chi connectivity index (χ0) is 13.4. The Morgan fingerprint density at radius 3 is 2.67 bits per heavy atom. The highest BCUT2D eigenvalue weighted by Gasteiger charge is 2.01. The first kappa shape index (κ1) is 14.9. The Bertz CT molecular complexity index is 378. The highest BCUT2D eigenvalue weighted by molar-refractivity contribution is 7.98. The average molecular weight is 267 g/mol. The van der Waals surface area contributed by atoms with Gasteiger partial charge in [-0.05, 0) is 30.0 Å². The molecular weight excluding hydrogens is 246 g/mol. The quantitative estimate of drug-likeness (QED) is 0.305. The maximum absolute atomic E-state index is 8.56. The van der Waals surface area contributed by atoms with E-state index in [1.54, 1.807) is 0 Å². The van der Waals surface area contributed by atoms with Crippen molar-refractivity contribution >= 4 is 17.6 Å². The van der Waals surface area contributed by atoms with E-state index >= 15 is 0 Å². The molecule has 1 atom stereocenters. The second-order valence-corrected chi connectivity index (χ2v) is 5.28. The van der Waals surface area contributed by atoms with Crippen LogP contribution >= 0.6 is 11.8 Å². The highest BCUT2D eigenvalue weighted by Crippen LogP contribution is 2.06. The monoisotopic (exact) mass is 267 g/mol. The summed E-state index contributed by atoms with van der Waals surface area (Å²) in [6.07, 6.45) is 2.13. The second-order valence-electron chi connectivity index (χ2n) is 4.37. The molecule has 0 aliphatic heterocycles. The van der Waals surface area contributed by atoms with Crippen LogP contribution in [0, 0.1) is 5.92 Å². The molecule has 1 aromatic carbocycles. The minimum atomic E-state index is 0.142. The molecule has 4 N–H and O–H groups in total. The van der Waals surface area contributed by atoms with E-state index in [2.05, 4.69) is 23.7 Å². The predicted octanol–water partition coefficient (Wildman–Crippen LogP) is 1.87. The number of nitrogens with one attached hydrogen (secondary N) is 1. The third kappa shape index (κ3) is 4.98. The average Bonchev–Trinajstić information content (AvgIpc) is 2.39. The molecule has 0 spiro atoms. The lowest BCUT2D eigenvalue weighted by atomic mass is 10.1. The van der Waals surface area contributed by atoms with Crippen LogP contribution in [-0.2, 0) is 6.54 Å². The number of amidine groups is 1. The fourth-order valence-corrected chi connectivity index (χ4v) is 2.34. The normalized spacial score (nSPS) is 13.6. The van der Waals surface area contributed by atoms with Crippen LogP contribution in [0.5, 0.6) is 0 Å². The Labute approximate surface area is 113 Å². The number of thioether (sulfide) groups is 1. The van der Waals surface area contributed by atoms with Crippen molar-refractivity contribution in [3.8, 4) is 0 Å². The molecule has 1 unspecified atom stereocenters. The zero-order valence-electron chi connectivity index (χ0n) is 10.9. The van der Waals surface area contributed by atoms with E-state index in [4.69, 9.17) is 10.9 Å². The fraction of sp³-hybridized carbons (Fsp3) is 0.462. The van der Waals surface area contributed by atoms with Crippen molar-refractivity contribution in [2.75, 3.05) is 18.6 Å². The summed E-state index contributed by atoms with van der Waals surface area (Å²) < 4.78 is 0. The highest BCUT2D eigenvalue weighted by atomic mass is 32.2. The minimum Gasteiger partial charge on any atom is -0.409 e. The number of hydrogen-bond acceptors (Lipinski definition) is 4. The van der Waals surface area contributed by atoms with Gasteiger partial charge in [-0.3, -0.25) is 0 Å². The largest absolute Gasteiger partial charge is 0.409 e. The van der Waals surface area contributed by atoms with Gasteiger partial charge in [0.25, 0.3) is 0 Å². The molecule has 0 saturated heterocycles. The summed E-state index contributed by atoms with van der Waals surface area (Å²) in [5.41, 5.74) is 7.43. The summed E-state index contributed by atoms with van der Waals surface area (Å²) >= 11 is 1.87. The lowest BCUT2D eigenvalue weighted by Gasteiger charge is -2.11. The molecule has 0 radical (unpaired) electrons. The van der Waals surface area contributed by atoms with Gasteiger partial charge >= 0.3 is 0 Å². The number of nitrogens with two attached hydrogens (primary N) is 1. The molecule has 18 heavy (non-hydrogen) atoms. The number of rotatable bonds is 7. The second kappa shape index (κ2) is 8.00. The van der Waals surface area contributed by atoms with Gasteiger partial charge in [0.2, 0.25) is 0 Å². The minimum absolute atomic E-state index is 0.142. The molecule has 5 heteroatoms. The van der Waals surface area contributed by atoms with Crippen LogP contribution < -0.4 is 11.1 Å². The van der Waals surface area contributed by atoms with Crippen molar-refractivity contribution in [2.24, 2.45) is 16.8 Å². The molecule has 0 aromatic heterocycles. The van der Waals surface area contributed by atoms with Crippen molar-refractivity contribution in [1.82, 2.24) is 5.32 Å². The zero-order valence-corrected chi connectivity index (χ0v) is 11.7. The van der Waals surface area contributed by atoms with Gasteiger partial charge in [0.05, 0.1) is 0 Å². The van der Waals surface area contributed by atoms with E-state index in [0.717, 1.165) is 18.7 Å². The maximum atomic E-state index is 8.56. The van der Waals surface area contributed by atoms with Gasteiger partial charge in [-0.2, -0.15) is 11.8 Å². The molecule has 1 aromatic rings. The molecule has 0 aliphatic carbocycles. The Hall–Kier alpha value is -1.20. The van der Waals surface area contributed by atoms with E-state index in [1.165, 1.54) is 11.3 Å². The summed E-state index contributed by atoms with van der Waals surface area (Å²) in [5, 5.41) is 15.0. The van der Waals surface area contributed by atoms with E-state index < -0.39 is 0 Å². The Morgan fingerprint density at radius 1 is 1.44 bits per heavy atom. The van der Waals surface area contributed by atoms with Crippen molar-refractivity contribution in [3.63, 3.8) is 0 Å². The Kier molecular flexibility index (Phi) is 6.60. The molecule has 100 valence electrons. The van der Waals surface area contributed by atoms with Crippen molar-refractivity contribution in [3.05, 3.63) is 35.4 Å². The SMILES string of the molecule is CSCC(C)CNCc1ccc(/C(N)=N/O)cc1. The summed E-state index contributed by atoms with van der Waals surface area (Å²) in [4.78, 5) is 0. The van der Waals surface area contributed by atoms with Crippen molar-refractivity contribution < 1.29 is 5.21 Å². The summed E-state index contributed by atoms with van der Waals surface area (Å²) in [6, 6.07) is 7.69. The Balaban J connectivity index is 2.40.